The Kier molecular flexibility index (Phi) is 5.06. The van der Waals surface area contributed by atoms with E-state index in [0.717, 1.165) is 37.0 Å². The normalized spacial score (nSPS) is 26.8. The molecule has 2 saturated heterocycles. The Hall–Kier alpha value is -2.47. The molecule has 1 amide bonds. The predicted molar refractivity (Wildman–Crippen MR) is 99.4 cm³/mol. The highest BCUT2D eigenvalue weighted by molar-refractivity contribution is 5.69. The Balaban J connectivity index is 1.51. The molecule has 6 heteroatoms. The lowest BCUT2D eigenvalue weighted by Gasteiger charge is -2.51. The predicted octanol–water partition coefficient (Wildman–Crippen LogP) is 4.51. The van der Waals surface area contributed by atoms with Crippen molar-refractivity contribution in [2.75, 3.05) is 0 Å². The molecule has 2 aromatic carbocycles. The molecule has 4 nitrogen and oxygen atoms in total. The minimum atomic E-state index is -1.41. The van der Waals surface area contributed by atoms with Crippen molar-refractivity contribution in [2.45, 2.75) is 56.4 Å². The molecular weight excluding hydrogens is 364 g/mol. The van der Waals surface area contributed by atoms with Crippen LogP contribution in [0.2, 0.25) is 0 Å². The molecule has 148 valence electrons. The van der Waals surface area contributed by atoms with Gasteiger partial charge in [0.05, 0.1) is 5.60 Å². The Labute approximate surface area is 162 Å². The first-order chi connectivity index (χ1) is 13.5. The number of aliphatic hydroxyl groups is 1. The average molecular weight is 387 g/mol. The molecule has 28 heavy (non-hydrogen) atoms. The lowest BCUT2D eigenvalue weighted by molar-refractivity contribution is -0.0911. The van der Waals surface area contributed by atoms with Gasteiger partial charge in [0.25, 0.3) is 0 Å². The number of piperidine rings is 2. The first-order valence-electron chi connectivity index (χ1n) is 9.63. The summed E-state index contributed by atoms with van der Waals surface area (Å²) in [6, 6.07) is 12.2. The molecule has 2 aliphatic rings. The molecule has 0 saturated carbocycles. The van der Waals surface area contributed by atoms with Gasteiger partial charge >= 0.3 is 6.09 Å². The fraction of sp³-hybridized carbons (Fsp3) is 0.409. The van der Waals surface area contributed by atoms with Crippen LogP contribution in [0.5, 0.6) is 0 Å². The van der Waals surface area contributed by atoms with Gasteiger partial charge in [-0.15, -0.1) is 0 Å². The minimum absolute atomic E-state index is 0.100. The van der Waals surface area contributed by atoms with Crippen molar-refractivity contribution in [2.24, 2.45) is 0 Å². The summed E-state index contributed by atoms with van der Waals surface area (Å²) in [5.41, 5.74) is -0.407. The van der Waals surface area contributed by atoms with Crippen LogP contribution < -0.4 is 0 Å². The van der Waals surface area contributed by atoms with E-state index in [1.54, 1.807) is 4.90 Å². The van der Waals surface area contributed by atoms with Crippen molar-refractivity contribution in [1.82, 2.24) is 4.90 Å². The van der Waals surface area contributed by atoms with Crippen molar-refractivity contribution in [3.05, 3.63) is 71.3 Å². The molecule has 0 aliphatic carbocycles. The van der Waals surface area contributed by atoms with E-state index in [1.807, 2.05) is 30.3 Å². The standard InChI is InChI=1S/C22H23F2NO3/c23-16-9-10-19(20(24)11-16)22(27)12-17-7-4-8-18(13-22)25(17)21(26)28-14-15-5-2-1-3-6-15/h1-3,5-6,9-11,17-18,27H,4,7-8,12-14H2. The van der Waals surface area contributed by atoms with Crippen molar-refractivity contribution in [1.29, 1.82) is 0 Å². The summed E-state index contributed by atoms with van der Waals surface area (Å²) in [5, 5.41) is 11.2. The minimum Gasteiger partial charge on any atom is -0.445 e. The molecule has 2 fully saturated rings. The second-order valence-electron chi connectivity index (χ2n) is 7.75. The zero-order chi connectivity index (χ0) is 19.7. The SMILES string of the molecule is O=C(OCc1ccccc1)N1C2CCCC1CC(O)(c1ccc(F)cc1F)C2. The highest BCUT2D eigenvalue weighted by atomic mass is 19.1. The third-order valence-corrected chi connectivity index (χ3v) is 5.86. The number of benzene rings is 2. The van der Waals surface area contributed by atoms with Crippen molar-refractivity contribution in [3.8, 4) is 0 Å². The summed E-state index contributed by atoms with van der Waals surface area (Å²) < 4.78 is 33.1. The van der Waals surface area contributed by atoms with Gasteiger partial charge in [0, 0.05) is 36.6 Å². The van der Waals surface area contributed by atoms with Crippen molar-refractivity contribution in [3.63, 3.8) is 0 Å². The lowest BCUT2D eigenvalue weighted by Crippen LogP contribution is -2.59. The number of amides is 1. The van der Waals surface area contributed by atoms with Crippen LogP contribution in [0.4, 0.5) is 13.6 Å². The van der Waals surface area contributed by atoms with Crippen LogP contribution in [0.3, 0.4) is 0 Å². The molecule has 2 heterocycles. The van der Waals surface area contributed by atoms with Gasteiger partial charge in [0.1, 0.15) is 18.2 Å². The largest absolute Gasteiger partial charge is 0.445 e. The first-order valence-corrected chi connectivity index (χ1v) is 9.63. The van der Waals surface area contributed by atoms with Gasteiger partial charge in [-0.05, 0) is 30.9 Å². The number of rotatable bonds is 3. The number of fused-ring (bicyclic) bond motifs is 2. The summed E-state index contributed by atoms with van der Waals surface area (Å²) in [5.74, 6) is -1.42. The molecule has 4 rings (SSSR count). The van der Waals surface area contributed by atoms with Crippen LogP contribution in [0, 0.1) is 11.6 Å². The number of hydrogen-bond acceptors (Lipinski definition) is 3. The second-order valence-corrected chi connectivity index (χ2v) is 7.75. The van der Waals surface area contributed by atoms with Gasteiger partial charge in [-0.3, -0.25) is 0 Å². The molecule has 0 radical (unpaired) electrons. The van der Waals surface area contributed by atoms with E-state index in [0.29, 0.717) is 0 Å². The summed E-state index contributed by atoms with van der Waals surface area (Å²) in [7, 11) is 0. The van der Waals surface area contributed by atoms with E-state index < -0.39 is 23.3 Å². The third kappa shape index (κ3) is 3.61. The van der Waals surface area contributed by atoms with E-state index >= 15 is 0 Å². The van der Waals surface area contributed by atoms with Crippen LogP contribution in [0.15, 0.2) is 48.5 Å². The highest BCUT2D eigenvalue weighted by Gasteiger charge is 2.49. The van der Waals surface area contributed by atoms with E-state index in [9.17, 15) is 18.7 Å². The maximum atomic E-state index is 14.3. The number of ether oxygens (including phenoxy) is 1. The number of halogens is 2. The van der Waals surface area contributed by atoms with Gasteiger partial charge in [-0.2, -0.15) is 0 Å². The Morgan fingerprint density at radius 1 is 1.11 bits per heavy atom. The number of carbonyl (C=O) groups is 1. The Bertz CT molecular complexity index is 844. The number of nitrogens with zero attached hydrogens (tertiary/aromatic N) is 1. The molecule has 2 atom stereocenters. The van der Waals surface area contributed by atoms with Gasteiger partial charge < -0.3 is 14.7 Å². The van der Waals surface area contributed by atoms with Gasteiger partial charge in [0.2, 0.25) is 0 Å². The third-order valence-electron chi connectivity index (χ3n) is 5.86. The summed E-state index contributed by atoms with van der Waals surface area (Å²) in [6.07, 6.45) is 2.42. The molecule has 0 spiro atoms. The summed E-state index contributed by atoms with van der Waals surface area (Å²) in [4.78, 5) is 14.5. The maximum absolute atomic E-state index is 14.3. The topological polar surface area (TPSA) is 49.8 Å². The van der Waals surface area contributed by atoms with Crippen LogP contribution >= 0.6 is 0 Å². The quantitative estimate of drug-likeness (QED) is 0.843. The first kappa shape index (κ1) is 18.9. The average Bonchev–Trinajstić information content (AvgIpc) is 2.66. The van der Waals surface area contributed by atoms with Crippen molar-refractivity contribution < 1.29 is 23.4 Å². The lowest BCUT2D eigenvalue weighted by atomic mass is 9.72. The molecule has 2 aromatic rings. The molecular formula is C22H23F2NO3. The van der Waals surface area contributed by atoms with Gasteiger partial charge in [-0.25, -0.2) is 13.6 Å². The fourth-order valence-corrected chi connectivity index (χ4v) is 4.61. The van der Waals surface area contributed by atoms with Crippen LogP contribution in [0.25, 0.3) is 0 Å². The van der Waals surface area contributed by atoms with Crippen LogP contribution in [0.1, 0.15) is 43.2 Å². The molecule has 2 bridgehead atoms. The van der Waals surface area contributed by atoms with E-state index in [2.05, 4.69) is 0 Å². The molecule has 1 N–H and O–H groups in total. The summed E-state index contributed by atoms with van der Waals surface area (Å²) in [6.45, 7) is 0.187. The zero-order valence-electron chi connectivity index (χ0n) is 15.5. The fourth-order valence-electron chi connectivity index (χ4n) is 4.61. The van der Waals surface area contributed by atoms with Crippen LogP contribution in [-0.4, -0.2) is 28.2 Å². The summed E-state index contributed by atoms with van der Waals surface area (Å²) >= 11 is 0. The monoisotopic (exact) mass is 387 g/mol. The number of hydrogen-bond donors (Lipinski definition) is 1. The molecule has 0 aromatic heterocycles. The van der Waals surface area contributed by atoms with Crippen molar-refractivity contribution >= 4 is 6.09 Å². The zero-order valence-corrected chi connectivity index (χ0v) is 15.5. The Morgan fingerprint density at radius 3 is 2.43 bits per heavy atom. The van der Waals surface area contributed by atoms with E-state index in [4.69, 9.17) is 4.74 Å². The number of carbonyl (C=O) groups excluding carboxylic acids is 1. The van der Waals surface area contributed by atoms with E-state index in [-0.39, 0.29) is 37.1 Å². The maximum Gasteiger partial charge on any atom is 0.410 e. The van der Waals surface area contributed by atoms with Crippen LogP contribution in [-0.2, 0) is 16.9 Å². The van der Waals surface area contributed by atoms with Gasteiger partial charge in [0.15, 0.2) is 0 Å². The highest BCUT2D eigenvalue weighted by Crippen LogP contribution is 2.45. The second kappa shape index (κ2) is 7.51. The molecule has 2 aliphatic heterocycles. The van der Waals surface area contributed by atoms with Gasteiger partial charge in [-0.1, -0.05) is 36.4 Å². The smallest absolute Gasteiger partial charge is 0.410 e. The molecule has 2 unspecified atom stereocenters. The Morgan fingerprint density at radius 2 is 1.79 bits per heavy atom. The van der Waals surface area contributed by atoms with E-state index in [1.165, 1.54) is 6.07 Å².